The third-order valence-electron chi connectivity index (χ3n) is 2.06. The van der Waals surface area contributed by atoms with Gasteiger partial charge in [-0.3, -0.25) is 0 Å². The average molecular weight is 283 g/mol. The maximum absolute atomic E-state index is 12.2. The van der Waals surface area contributed by atoms with Gasteiger partial charge in [0.1, 0.15) is 0 Å². The third kappa shape index (κ3) is 3.90. The van der Waals surface area contributed by atoms with E-state index in [9.17, 15) is 3.83 Å². The van der Waals surface area contributed by atoms with Crippen LogP contribution in [0.25, 0.3) is 0 Å². The van der Waals surface area contributed by atoms with Gasteiger partial charge in [-0.25, -0.2) is 0 Å². The summed E-state index contributed by atoms with van der Waals surface area (Å²) in [6.45, 7) is 3.58. The van der Waals surface area contributed by atoms with E-state index in [1.54, 1.807) is 6.92 Å². The van der Waals surface area contributed by atoms with Crippen molar-refractivity contribution in [2.75, 3.05) is 0 Å². The summed E-state index contributed by atoms with van der Waals surface area (Å²) < 4.78 is 13.1. The van der Waals surface area contributed by atoms with Gasteiger partial charge in [-0.15, -0.1) is 0 Å². The van der Waals surface area contributed by atoms with Crippen LogP contribution in [0.2, 0.25) is 4.82 Å². The fourth-order valence-corrected chi connectivity index (χ4v) is 3.82. The van der Waals surface area contributed by atoms with E-state index in [1.807, 2.05) is 37.3 Å². The van der Waals surface area contributed by atoms with Gasteiger partial charge in [-0.05, 0) is 0 Å². The minimum atomic E-state index is -2.13. The predicted molar refractivity (Wildman–Crippen MR) is 66.0 cm³/mol. The van der Waals surface area contributed by atoms with Crippen LogP contribution in [0.3, 0.4) is 0 Å². The van der Waals surface area contributed by atoms with Crippen LogP contribution in [0.4, 0.5) is 0 Å². The van der Waals surface area contributed by atoms with Gasteiger partial charge in [0, 0.05) is 0 Å². The van der Waals surface area contributed by atoms with Gasteiger partial charge in [-0.1, -0.05) is 0 Å². The van der Waals surface area contributed by atoms with E-state index in [2.05, 4.69) is 11.8 Å². The van der Waals surface area contributed by atoms with Crippen LogP contribution < -0.4 is 4.46 Å². The molecule has 0 saturated heterocycles. The molecule has 0 fully saturated rings. The molecule has 0 aromatic heterocycles. The second-order valence-electron chi connectivity index (χ2n) is 3.47. The normalized spacial score (nSPS) is 15.7. The summed E-state index contributed by atoms with van der Waals surface area (Å²) in [6, 6.07) is 9.44. The summed E-state index contributed by atoms with van der Waals surface area (Å²) in [7, 11) is 0. The van der Waals surface area contributed by atoms with Crippen LogP contribution in [0, 0.1) is 11.8 Å². The van der Waals surface area contributed by atoms with Crippen molar-refractivity contribution in [3.63, 3.8) is 0 Å². The summed E-state index contributed by atoms with van der Waals surface area (Å²) in [5, 5.41) is 9.09. The summed E-state index contributed by atoms with van der Waals surface area (Å²) in [6.07, 6.45) is 0.103. The predicted octanol–water partition coefficient (Wildman–Crippen LogP) is 1.48. The summed E-state index contributed by atoms with van der Waals surface area (Å²) in [4.78, 5) is -0.114. The zero-order valence-corrected chi connectivity index (χ0v) is 11.2. The Bertz CT molecular complexity index is 401. The number of hydrogen-bond acceptors (Lipinski definition) is 2. The third-order valence-corrected chi connectivity index (χ3v) is 5.63. The molecule has 0 spiro atoms. The molecule has 16 heavy (non-hydrogen) atoms. The van der Waals surface area contributed by atoms with Crippen LogP contribution in [-0.4, -0.2) is 25.0 Å². The van der Waals surface area contributed by atoms with Crippen molar-refractivity contribution in [1.29, 1.82) is 0 Å². The second-order valence-corrected chi connectivity index (χ2v) is 6.90. The van der Waals surface area contributed by atoms with E-state index in [0.717, 1.165) is 10.9 Å². The van der Waals surface area contributed by atoms with Crippen molar-refractivity contribution in [3.8, 4) is 11.8 Å². The number of rotatable bonds is 3. The standard InChI is InChI=1S/C13H16O2Se/c1-3-12(10-9-11(2)14)16(15)13-7-5-4-6-8-13/h4-8,11-12,14H,3H2,1-2H3. The van der Waals surface area contributed by atoms with E-state index >= 15 is 0 Å². The van der Waals surface area contributed by atoms with Gasteiger partial charge in [-0.2, -0.15) is 0 Å². The Morgan fingerprint density at radius 1 is 1.31 bits per heavy atom. The summed E-state index contributed by atoms with van der Waals surface area (Å²) >= 11 is -2.13. The van der Waals surface area contributed by atoms with E-state index in [0.29, 0.717) is 0 Å². The molecule has 3 unspecified atom stereocenters. The molecule has 86 valence electrons. The molecule has 0 aliphatic heterocycles. The molecule has 0 radical (unpaired) electrons. The van der Waals surface area contributed by atoms with Crippen LogP contribution in [0.1, 0.15) is 20.3 Å². The van der Waals surface area contributed by atoms with Crippen molar-refractivity contribution in [2.24, 2.45) is 0 Å². The van der Waals surface area contributed by atoms with Crippen molar-refractivity contribution in [3.05, 3.63) is 30.3 Å². The maximum atomic E-state index is 12.2. The number of aliphatic hydroxyl groups excluding tert-OH is 1. The van der Waals surface area contributed by atoms with Gasteiger partial charge in [0.2, 0.25) is 0 Å². The van der Waals surface area contributed by atoms with Crippen molar-refractivity contribution in [2.45, 2.75) is 31.2 Å². The molecule has 0 amide bonds. The first-order valence-electron chi connectivity index (χ1n) is 5.30. The topological polar surface area (TPSA) is 37.3 Å². The SMILES string of the molecule is CCC(C#CC(C)O)[Se](=O)c1ccccc1. The molecule has 0 saturated carbocycles. The van der Waals surface area contributed by atoms with Gasteiger partial charge < -0.3 is 0 Å². The molecular formula is C13H16O2Se. The van der Waals surface area contributed by atoms with E-state index in [1.165, 1.54) is 0 Å². The molecule has 1 aromatic carbocycles. The molecule has 0 aliphatic rings. The minimum absolute atomic E-state index is 0.114. The summed E-state index contributed by atoms with van der Waals surface area (Å²) in [5.74, 6) is 5.59. The van der Waals surface area contributed by atoms with Crippen molar-refractivity contribution < 1.29 is 8.94 Å². The van der Waals surface area contributed by atoms with Crippen molar-refractivity contribution in [1.82, 2.24) is 0 Å². The average Bonchev–Trinajstić information content (AvgIpc) is 2.30. The zero-order valence-electron chi connectivity index (χ0n) is 9.51. The molecule has 0 aliphatic carbocycles. The van der Waals surface area contributed by atoms with Crippen LogP contribution in [-0.2, 0) is 3.83 Å². The monoisotopic (exact) mass is 284 g/mol. The fraction of sp³-hybridized carbons (Fsp3) is 0.385. The molecule has 1 aromatic rings. The summed E-state index contributed by atoms with van der Waals surface area (Å²) in [5.41, 5.74) is 0. The van der Waals surface area contributed by atoms with Gasteiger partial charge in [0.05, 0.1) is 0 Å². The Morgan fingerprint density at radius 2 is 1.94 bits per heavy atom. The first-order valence-corrected chi connectivity index (χ1v) is 7.84. The van der Waals surface area contributed by atoms with Gasteiger partial charge in [0.25, 0.3) is 0 Å². The van der Waals surface area contributed by atoms with Crippen molar-refractivity contribution >= 4 is 18.3 Å². The van der Waals surface area contributed by atoms with Crippen LogP contribution in [0.5, 0.6) is 0 Å². The molecule has 1 N–H and O–H groups in total. The van der Waals surface area contributed by atoms with Crippen LogP contribution in [0.15, 0.2) is 30.3 Å². The Balaban J connectivity index is 2.84. The van der Waals surface area contributed by atoms with Gasteiger partial charge >= 0.3 is 101 Å². The molecule has 3 heteroatoms. The number of benzene rings is 1. The quantitative estimate of drug-likeness (QED) is 0.674. The Morgan fingerprint density at radius 3 is 2.44 bits per heavy atom. The van der Waals surface area contributed by atoms with Crippen LogP contribution >= 0.6 is 0 Å². The molecule has 0 heterocycles. The fourth-order valence-electron chi connectivity index (χ4n) is 1.24. The zero-order chi connectivity index (χ0) is 12.0. The number of hydrogen-bond donors (Lipinski definition) is 1. The van der Waals surface area contributed by atoms with Gasteiger partial charge in [0.15, 0.2) is 0 Å². The van der Waals surface area contributed by atoms with E-state index in [-0.39, 0.29) is 4.82 Å². The molecule has 1 rings (SSSR count). The Labute approximate surface area is 101 Å². The molecule has 3 atom stereocenters. The molecular weight excluding hydrogens is 267 g/mol. The van der Waals surface area contributed by atoms with E-state index in [4.69, 9.17) is 5.11 Å². The number of aliphatic hydroxyl groups is 1. The molecule has 0 bridgehead atoms. The molecule has 2 nitrogen and oxygen atoms in total. The Kier molecular flexibility index (Phi) is 5.42. The Hall–Kier alpha value is -0.941. The first kappa shape index (κ1) is 13.1. The first-order chi connectivity index (χ1) is 7.65. The second kappa shape index (κ2) is 6.60. The van der Waals surface area contributed by atoms with E-state index < -0.39 is 19.9 Å².